The molecule has 0 saturated carbocycles. The summed E-state index contributed by atoms with van der Waals surface area (Å²) in [4.78, 5) is 22.3. The number of carbonyl (C=O) groups excluding carboxylic acids is 1. The average Bonchev–Trinajstić information content (AvgIpc) is 3.00. The second-order valence-electron chi connectivity index (χ2n) is 10.8. The van der Waals surface area contributed by atoms with E-state index in [2.05, 4.69) is 16.0 Å². The van der Waals surface area contributed by atoms with Gasteiger partial charge in [-0.1, -0.05) is 0 Å². The highest BCUT2D eigenvalue weighted by molar-refractivity contribution is 5.97. The Bertz CT molecular complexity index is 1340. The molecule has 0 spiro atoms. The fraction of sp³-hybridized carbons (Fsp3) is 0.500. The van der Waals surface area contributed by atoms with Crippen LogP contribution in [0.4, 0.5) is 0 Å². The molecule has 3 heterocycles. The third kappa shape index (κ3) is 5.97. The summed E-state index contributed by atoms with van der Waals surface area (Å²) in [7, 11) is 6.57. The molecule has 1 unspecified atom stereocenters. The van der Waals surface area contributed by atoms with Crippen molar-refractivity contribution >= 4 is 16.7 Å². The van der Waals surface area contributed by atoms with Gasteiger partial charge in [0.1, 0.15) is 0 Å². The van der Waals surface area contributed by atoms with E-state index < -0.39 is 0 Å². The van der Waals surface area contributed by atoms with Gasteiger partial charge in [-0.25, -0.2) is 0 Å². The van der Waals surface area contributed by atoms with Crippen LogP contribution in [-0.4, -0.2) is 81.9 Å². The van der Waals surface area contributed by atoms with Gasteiger partial charge in [0.15, 0.2) is 23.0 Å². The molecule has 3 aromatic rings. The molecule has 0 radical (unpaired) electrons. The molecule has 8 nitrogen and oxygen atoms in total. The van der Waals surface area contributed by atoms with Gasteiger partial charge in [-0.15, -0.1) is 0 Å². The second-order valence-corrected chi connectivity index (χ2v) is 10.8. The van der Waals surface area contributed by atoms with Gasteiger partial charge in [0, 0.05) is 49.5 Å². The fourth-order valence-corrected chi connectivity index (χ4v) is 6.26. The number of rotatable bonds is 11. The summed E-state index contributed by atoms with van der Waals surface area (Å²) in [5, 5.41) is 2.24. The van der Waals surface area contributed by atoms with Crippen LogP contribution in [0.15, 0.2) is 36.7 Å². The molecule has 40 heavy (non-hydrogen) atoms. The van der Waals surface area contributed by atoms with E-state index in [1.54, 1.807) is 28.4 Å². The minimum atomic E-state index is 0.102. The molecule has 8 heteroatoms. The van der Waals surface area contributed by atoms with Gasteiger partial charge in [0.2, 0.25) is 0 Å². The third-order valence-electron chi connectivity index (χ3n) is 8.46. The first-order valence-electron chi connectivity index (χ1n) is 14.3. The number of nitrogens with zero attached hydrogens (tertiary/aromatic N) is 3. The molecule has 1 amide bonds. The van der Waals surface area contributed by atoms with E-state index in [-0.39, 0.29) is 5.91 Å². The van der Waals surface area contributed by atoms with Crippen LogP contribution in [0.25, 0.3) is 10.8 Å². The number of hydrogen-bond donors (Lipinski definition) is 0. The fourth-order valence-electron chi connectivity index (χ4n) is 6.26. The Morgan fingerprint density at radius 2 is 1.60 bits per heavy atom. The lowest BCUT2D eigenvalue weighted by Crippen LogP contribution is -2.39. The summed E-state index contributed by atoms with van der Waals surface area (Å²) >= 11 is 0. The Morgan fingerprint density at radius 3 is 2.38 bits per heavy atom. The van der Waals surface area contributed by atoms with Gasteiger partial charge in [-0.3, -0.25) is 9.78 Å². The number of benzene rings is 2. The maximum Gasteiger partial charge on any atom is 0.254 e. The van der Waals surface area contributed by atoms with Gasteiger partial charge in [-0.2, -0.15) is 0 Å². The molecule has 1 atom stereocenters. The predicted molar refractivity (Wildman–Crippen MR) is 156 cm³/mol. The van der Waals surface area contributed by atoms with Crippen LogP contribution in [0.3, 0.4) is 0 Å². The van der Waals surface area contributed by atoms with Gasteiger partial charge in [-0.05, 0) is 91.8 Å². The highest BCUT2D eigenvalue weighted by Gasteiger charge is 2.27. The van der Waals surface area contributed by atoms with E-state index >= 15 is 0 Å². The van der Waals surface area contributed by atoms with Crippen molar-refractivity contribution in [1.82, 2.24) is 14.8 Å². The van der Waals surface area contributed by atoms with Crippen molar-refractivity contribution in [2.75, 3.05) is 61.2 Å². The highest BCUT2D eigenvalue weighted by atomic mass is 16.5. The average molecular weight is 548 g/mol. The first-order chi connectivity index (χ1) is 19.5. The Morgan fingerprint density at radius 1 is 0.875 bits per heavy atom. The van der Waals surface area contributed by atoms with Crippen molar-refractivity contribution in [2.45, 2.75) is 38.5 Å². The van der Waals surface area contributed by atoms with Crippen LogP contribution < -0.4 is 18.9 Å². The number of ether oxygens (including phenoxy) is 4. The SMILES string of the molecule is COc1cc2c(cc1OC)C(=O)N(CCCC1CCCN(CCc3cncc4cc(OC)c(OC)cc34)C1)CC2. The van der Waals surface area contributed by atoms with Gasteiger partial charge in [0.25, 0.3) is 5.91 Å². The molecule has 0 N–H and O–H groups in total. The topological polar surface area (TPSA) is 73.4 Å². The van der Waals surface area contributed by atoms with E-state index in [0.29, 0.717) is 17.4 Å². The molecule has 214 valence electrons. The van der Waals surface area contributed by atoms with Crippen molar-refractivity contribution in [3.05, 3.63) is 53.3 Å². The maximum absolute atomic E-state index is 13.2. The summed E-state index contributed by atoms with van der Waals surface area (Å²) in [6, 6.07) is 7.85. The zero-order chi connectivity index (χ0) is 28.1. The number of piperidine rings is 1. The van der Waals surface area contributed by atoms with Crippen molar-refractivity contribution in [3.8, 4) is 23.0 Å². The number of pyridine rings is 1. The molecule has 1 saturated heterocycles. The van der Waals surface area contributed by atoms with Gasteiger partial charge >= 0.3 is 0 Å². The van der Waals surface area contributed by atoms with E-state index in [4.69, 9.17) is 18.9 Å². The highest BCUT2D eigenvalue weighted by Crippen LogP contribution is 2.35. The maximum atomic E-state index is 13.2. The summed E-state index contributed by atoms with van der Waals surface area (Å²) < 4.78 is 21.9. The predicted octanol–water partition coefficient (Wildman–Crippen LogP) is 5.00. The molecule has 2 aliphatic rings. The van der Waals surface area contributed by atoms with Gasteiger partial charge in [0.05, 0.1) is 28.4 Å². The Kier molecular flexibility index (Phi) is 8.94. The van der Waals surface area contributed by atoms with Crippen LogP contribution in [0.2, 0.25) is 0 Å². The first-order valence-corrected chi connectivity index (χ1v) is 14.3. The molecule has 1 aromatic heterocycles. The third-order valence-corrected chi connectivity index (χ3v) is 8.46. The lowest BCUT2D eigenvalue weighted by molar-refractivity contribution is 0.0730. The summed E-state index contributed by atoms with van der Waals surface area (Å²) in [5.74, 6) is 3.53. The van der Waals surface area contributed by atoms with Crippen LogP contribution in [0.1, 0.15) is 47.2 Å². The molecule has 5 rings (SSSR count). The molecule has 1 fully saturated rings. The molecule has 2 aliphatic heterocycles. The number of carbonyl (C=O) groups is 1. The number of hydrogen-bond acceptors (Lipinski definition) is 7. The number of amides is 1. The van der Waals surface area contributed by atoms with E-state index in [0.717, 1.165) is 86.4 Å². The van der Waals surface area contributed by atoms with Crippen LogP contribution in [0, 0.1) is 5.92 Å². The van der Waals surface area contributed by atoms with E-state index in [1.165, 1.54) is 23.8 Å². The monoisotopic (exact) mass is 547 g/mol. The van der Waals surface area contributed by atoms with Crippen molar-refractivity contribution < 1.29 is 23.7 Å². The molecule has 0 bridgehead atoms. The molecular formula is C32H41N3O5. The summed E-state index contributed by atoms with van der Waals surface area (Å²) in [6.07, 6.45) is 10.3. The summed E-state index contributed by atoms with van der Waals surface area (Å²) in [5.41, 5.74) is 3.02. The Hall–Kier alpha value is -3.52. The zero-order valence-electron chi connectivity index (χ0n) is 24.2. The zero-order valence-corrected chi connectivity index (χ0v) is 24.2. The van der Waals surface area contributed by atoms with E-state index in [9.17, 15) is 4.79 Å². The molecular weight excluding hydrogens is 506 g/mol. The Balaban J connectivity index is 1.14. The van der Waals surface area contributed by atoms with Crippen LogP contribution >= 0.6 is 0 Å². The summed E-state index contributed by atoms with van der Waals surface area (Å²) in [6.45, 7) is 4.82. The van der Waals surface area contributed by atoms with Crippen molar-refractivity contribution in [1.29, 1.82) is 0 Å². The standard InChI is InChI=1S/C32H41N3O5/c1-37-28-15-23-10-14-35(32(36)27(23)18-31(28)40-4)12-6-8-22-7-5-11-34(21-22)13-9-24-19-33-20-25-16-29(38-2)30(39-3)17-26(24)25/h15-20,22H,5-14,21H2,1-4H3. The normalized spacial score (nSPS) is 17.6. The molecule has 2 aromatic carbocycles. The largest absolute Gasteiger partial charge is 0.493 e. The number of fused-ring (bicyclic) bond motifs is 2. The number of aromatic nitrogens is 1. The number of likely N-dealkylation sites (tertiary alicyclic amines) is 1. The smallest absolute Gasteiger partial charge is 0.254 e. The second kappa shape index (κ2) is 12.8. The van der Waals surface area contributed by atoms with Crippen LogP contribution in [-0.2, 0) is 12.8 Å². The van der Waals surface area contributed by atoms with E-state index in [1.807, 2.05) is 35.5 Å². The first kappa shape index (κ1) is 28.0. The van der Waals surface area contributed by atoms with Crippen LogP contribution in [0.5, 0.6) is 23.0 Å². The molecule has 0 aliphatic carbocycles. The lowest BCUT2D eigenvalue weighted by Gasteiger charge is -2.34. The quantitative estimate of drug-likeness (QED) is 0.334. The van der Waals surface area contributed by atoms with Crippen molar-refractivity contribution in [3.63, 3.8) is 0 Å². The minimum absolute atomic E-state index is 0.102. The van der Waals surface area contributed by atoms with Gasteiger partial charge < -0.3 is 28.7 Å². The van der Waals surface area contributed by atoms with Crippen molar-refractivity contribution in [2.24, 2.45) is 5.92 Å². The minimum Gasteiger partial charge on any atom is -0.493 e. The number of methoxy groups -OCH3 is 4. The Labute approximate surface area is 237 Å². The lowest BCUT2D eigenvalue weighted by atomic mass is 9.92.